The van der Waals surface area contributed by atoms with Crippen molar-refractivity contribution in [1.29, 1.82) is 0 Å². The van der Waals surface area contributed by atoms with Gasteiger partial charge in [-0.15, -0.1) is 0 Å². The highest BCUT2D eigenvalue weighted by atomic mass is 15.0. The van der Waals surface area contributed by atoms with E-state index in [9.17, 15) is 0 Å². The van der Waals surface area contributed by atoms with Crippen LogP contribution in [0.4, 0.5) is 0 Å². The number of fused-ring (bicyclic) bond motifs is 3. The van der Waals surface area contributed by atoms with Gasteiger partial charge in [0.2, 0.25) is 0 Å². The normalized spacial score (nSPS) is 13.3. The third-order valence-electron chi connectivity index (χ3n) is 5.87. The highest BCUT2D eigenvalue weighted by Gasteiger charge is 2.22. The summed E-state index contributed by atoms with van der Waals surface area (Å²) in [5, 5.41) is 3.93. The quantitative estimate of drug-likeness (QED) is 0.359. The topological polar surface area (TPSA) is 17.3 Å². The molecule has 1 aliphatic rings. The zero-order chi connectivity index (χ0) is 17.3. The minimum Gasteiger partial charge on any atom is -0.296 e. The Labute approximate surface area is 151 Å². The third-order valence-corrected chi connectivity index (χ3v) is 5.87. The zero-order valence-electron chi connectivity index (χ0n) is 14.7. The van der Waals surface area contributed by atoms with Crippen LogP contribution >= 0.6 is 0 Å². The van der Waals surface area contributed by atoms with Crippen molar-refractivity contribution in [2.75, 3.05) is 0 Å². The molecule has 2 aromatic heterocycles. The molecule has 2 heteroatoms. The summed E-state index contributed by atoms with van der Waals surface area (Å²) < 4.78 is 2.40. The summed E-state index contributed by atoms with van der Waals surface area (Å²) >= 11 is 0. The summed E-state index contributed by atoms with van der Waals surface area (Å²) in [6.07, 6.45) is 4.19. The monoisotopic (exact) mass is 334 g/mol. The average molecular weight is 334 g/mol. The van der Waals surface area contributed by atoms with Crippen LogP contribution in [-0.2, 0) is 12.8 Å². The van der Waals surface area contributed by atoms with Gasteiger partial charge in [-0.1, -0.05) is 54.6 Å². The van der Waals surface area contributed by atoms with E-state index in [1.54, 1.807) is 0 Å². The molecule has 1 aliphatic heterocycles. The molecule has 0 N–H and O–H groups in total. The maximum absolute atomic E-state index is 4.77. The lowest BCUT2D eigenvalue weighted by Gasteiger charge is -2.22. The summed E-state index contributed by atoms with van der Waals surface area (Å²) in [6.45, 7) is 2.27. The molecular weight excluding hydrogens is 316 g/mol. The number of hydrogen-bond acceptors (Lipinski definition) is 1. The van der Waals surface area contributed by atoms with Crippen molar-refractivity contribution >= 4 is 27.3 Å². The van der Waals surface area contributed by atoms with E-state index in [2.05, 4.69) is 78.2 Å². The van der Waals surface area contributed by atoms with Crippen molar-refractivity contribution in [3.8, 4) is 11.1 Å². The minimum atomic E-state index is 1.05. The van der Waals surface area contributed by atoms with Gasteiger partial charge in [-0.2, -0.15) is 0 Å². The predicted molar refractivity (Wildman–Crippen MR) is 108 cm³/mol. The van der Waals surface area contributed by atoms with E-state index in [0.29, 0.717) is 0 Å². The first-order valence-corrected chi connectivity index (χ1v) is 9.21. The molecule has 2 nitrogen and oxygen atoms in total. The van der Waals surface area contributed by atoms with Gasteiger partial charge in [-0.05, 0) is 53.5 Å². The lowest BCUT2D eigenvalue weighted by molar-refractivity contribution is 0.876. The molecule has 0 aliphatic carbocycles. The van der Waals surface area contributed by atoms with Gasteiger partial charge in [-0.3, -0.25) is 4.40 Å². The first-order chi connectivity index (χ1) is 12.8. The lowest BCUT2D eigenvalue weighted by Crippen LogP contribution is -2.08. The molecule has 0 radical (unpaired) electrons. The molecule has 26 heavy (non-hydrogen) atoms. The molecule has 6 rings (SSSR count). The van der Waals surface area contributed by atoms with Gasteiger partial charge in [0.25, 0.3) is 0 Å². The Balaban J connectivity index is 1.91. The fourth-order valence-corrected chi connectivity index (χ4v) is 4.68. The molecule has 3 aromatic carbocycles. The van der Waals surface area contributed by atoms with Crippen LogP contribution in [0.3, 0.4) is 0 Å². The summed E-state index contributed by atoms with van der Waals surface area (Å²) in [6, 6.07) is 21.9. The molecule has 0 saturated carbocycles. The Morgan fingerprint density at radius 2 is 1.65 bits per heavy atom. The van der Waals surface area contributed by atoms with Crippen LogP contribution < -0.4 is 0 Å². The lowest BCUT2D eigenvalue weighted by atomic mass is 9.88. The van der Waals surface area contributed by atoms with E-state index in [1.807, 2.05) is 0 Å². The average Bonchev–Trinajstić information content (AvgIpc) is 3.13. The van der Waals surface area contributed by atoms with Gasteiger partial charge >= 0.3 is 0 Å². The van der Waals surface area contributed by atoms with Crippen LogP contribution in [0.2, 0.25) is 0 Å². The smallest absolute Gasteiger partial charge is 0.145 e. The van der Waals surface area contributed by atoms with E-state index in [-0.39, 0.29) is 0 Å². The number of aryl methyl sites for hydroxylation is 3. The summed E-state index contributed by atoms with van der Waals surface area (Å²) in [4.78, 5) is 4.77. The molecule has 0 unspecified atom stereocenters. The summed E-state index contributed by atoms with van der Waals surface area (Å²) in [5.41, 5.74) is 9.21. The van der Waals surface area contributed by atoms with Gasteiger partial charge in [0.15, 0.2) is 0 Å². The van der Waals surface area contributed by atoms with Crippen LogP contribution in [0.5, 0.6) is 0 Å². The van der Waals surface area contributed by atoms with E-state index in [1.165, 1.54) is 49.6 Å². The summed E-state index contributed by atoms with van der Waals surface area (Å²) in [7, 11) is 0. The molecule has 3 heterocycles. The van der Waals surface area contributed by atoms with Gasteiger partial charge in [-0.25, -0.2) is 4.98 Å². The van der Waals surface area contributed by atoms with Crippen molar-refractivity contribution in [1.82, 2.24) is 9.38 Å². The second kappa shape index (κ2) is 4.95. The Hall–Kier alpha value is -3.13. The van der Waals surface area contributed by atoms with Crippen molar-refractivity contribution in [3.63, 3.8) is 0 Å². The number of hydrogen-bond donors (Lipinski definition) is 0. The molecule has 0 bridgehead atoms. The highest BCUT2D eigenvalue weighted by molar-refractivity contribution is 6.15. The molecule has 0 atom stereocenters. The molecule has 0 amide bonds. The fourth-order valence-electron chi connectivity index (χ4n) is 4.68. The van der Waals surface area contributed by atoms with Crippen LogP contribution in [0.25, 0.3) is 38.4 Å². The molecule has 124 valence electrons. The van der Waals surface area contributed by atoms with Crippen LogP contribution in [0.1, 0.15) is 16.8 Å². The fraction of sp³-hybridized carbons (Fsp3) is 0.125. The number of rotatable bonds is 1. The van der Waals surface area contributed by atoms with Crippen molar-refractivity contribution in [2.24, 2.45) is 0 Å². The van der Waals surface area contributed by atoms with E-state index < -0.39 is 0 Å². The van der Waals surface area contributed by atoms with Gasteiger partial charge in [0.1, 0.15) is 5.65 Å². The predicted octanol–water partition coefficient (Wildman–Crippen LogP) is 5.71. The minimum absolute atomic E-state index is 1.05. The van der Waals surface area contributed by atoms with Gasteiger partial charge in [0, 0.05) is 22.7 Å². The molecule has 0 fully saturated rings. The number of benzene rings is 3. The second-order valence-corrected chi connectivity index (χ2v) is 7.25. The van der Waals surface area contributed by atoms with Gasteiger partial charge in [0.05, 0.1) is 5.52 Å². The molecule has 0 saturated heterocycles. The van der Waals surface area contributed by atoms with Crippen LogP contribution in [0, 0.1) is 6.92 Å². The number of aromatic nitrogens is 2. The van der Waals surface area contributed by atoms with Crippen LogP contribution in [0.15, 0.2) is 66.9 Å². The Morgan fingerprint density at radius 1 is 0.885 bits per heavy atom. The highest BCUT2D eigenvalue weighted by Crippen LogP contribution is 2.40. The standard InChI is InChI=1S/C24H18N2/c1-15-21(16-7-3-2-4-8-16)13-17-11-12-18-14-25-24-20-10-6-5-9-19(20)22(15)23(17)26(18)24/h2-10,13-14H,11-12H2,1H3. The molecule has 0 spiro atoms. The Kier molecular flexibility index (Phi) is 2.68. The largest absolute Gasteiger partial charge is 0.296 e. The third kappa shape index (κ3) is 1.69. The van der Waals surface area contributed by atoms with Crippen molar-refractivity contribution < 1.29 is 0 Å². The SMILES string of the molecule is Cc1c(-c2ccccc2)cc2c3c1c1ccccc1c1ncc(n13)CC2. The maximum Gasteiger partial charge on any atom is 0.145 e. The first-order valence-electron chi connectivity index (χ1n) is 9.21. The van der Waals surface area contributed by atoms with E-state index in [4.69, 9.17) is 4.98 Å². The second-order valence-electron chi connectivity index (χ2n) is 7.25. The summed E-state index contributed by atoms with van der Waals surface area (Å²) in [5.74, 6) is 0. The first kappa shape index (κ1) is 14.1. The zero-order valence-corrected chi connectivity index (χ0v) is 14.7. The Bertz CT molecular complexity index is 1330. The van der Waals surface area contributed by atoms with Gasteiger partial charge < -0.3 is 0 Å². The van der Waals surface area contributed by atoms with E-state index in [0.717, 1.165) is 18.5 Å². The maximum atomic E-state index is 4.77. The number of pyridine rings is 1. The van der Waals surface area contributed by atoms with Crippen molar-refractivity contribution in [3.05, 3.63) is 83.7 Å². The molecule has 5 aromatic rings. The van der Waals surface area contributed by atoms with Crippen LogP contribution in [-0.4, -0.2) is 9.38 Å². The Morgan fingerprint density at radius 3 is 2.50 bits per heavy atom. The number of imidazole rings is 1. The molecular formula is C24H18N2. The van der Waals surface area contributed by atoms with E-state index >= 15 is 0 Å². The van der Waals surface area contributed by atoms with Crippen molar-refractivity contribution in [2.45, 2.75) is 19.8 Å². The number of nitrogens with zero attached hydrogens (tertiary/aromatic N) is 2.